The zero-order valence-corrected chi connectivity index (χ0v) is 9.47. The van der Waals surface area contributed by atoms with Gasteiger partial charge in [0.25, 0.3) is 0 Å². The van der Waals surface area contributed by atoms with Gasteiger partial charge in [-0.1, -0.05) is 0 Å². The summed E-state index contributed by atoms with van der Waals surface area (Å²) < 4.78 is 5.13. The van der Waals surface area contributed by atoms with E-state index in [9.17, 15) is 5.11 Å². The number of ether oxygens (including phenoxy) is 1. The number of hydrogen-bond acceptors (Lipinski definition) is 3. The molecule has 3 heteroatoms. The summed E-state index contributed by atoms with van der Waals surface area (Å²) in [6.45, 7) is 2.05. The molecule has 0 fully saturated rings. The first-order valence-electron chi connectivity index (χ1n) is 4.64. The van der Waals surface area contributed by atoms with Crippen LogP contribution in [0.3, 0.4) is 0 Å². The number of phenolic OH excluding ortho intramolecular Hbond substituents is 1. The summed E-state index contributed by atoms with van der Waals surface area (Å²) in [7, 11) is 1.62. The summed E-state index contributed by atoms with van der Waals surface area (Å²) in [6, 6.07) is 9.30. The molecule has 1 N–H and O–H groups in total. The number of phenols is 1. The van der Waals surface area contributed by atoms with Crippen LogP contribution in [-0.4, -0.2) is 12.2 Å². The summed E-state index contributed by atoms with van der Waals surface area (Å²) >= 11 is 1.66. The zero-order chi connectivity index (χ0) is 10.8. The molecule has 0 saturated carbocycles. The summed E-state index contributed by atoms with van der Waals surface area (Å²) in [5.74, 6) is 1.05. The first kappa shape index (κ1) is 10.1. The van der Waals surface area contributed by atoms with Gasteiger partial charge in [-0.2, -0.15) is 0 Å². The van der Waals surface area contributed by atoms with E-state index in [-0.39, 0.29) is 5.75 Å². The Balaban J connectivity index is 2.51. The van der Waals surface area contributed by atoms with Gasteiger partial charge in [0.05, 0.1) is 7.11 Å². The molecule has 1 aromatic carbocycles. The lowest BCUT2D eigenvalue weighted by Crippen LogP contribution is -1.83. The predicted octanol–water partition coefficient (Wildman–Crippen LogP) is 3.44. The lowest BCUT2D eigenvalue weighted by molar-refractivity contribution is 0.412. The standard InChI is InChI=1S/C12H12O2S/c1-8-3-6-12(15-8)10-7-9(14-2)4-5-11(10)13/h3-7,13H,1-2H3. The van der Waals surface area contributed by atoms with Gasteiger partial charge in [-0.05, 0) is 37.3 Å². The molecule has 15 heavy (non-hydrogen) atoms. The Morgan fingerprint density at radius 3 is 2.60 bits per heavy atom. The Morgan fingerprint density at radius 1 is 1.20 bits per heavy atom. The maximum atomic E-state index is 9.74. The highest BCUT2D eigenvalue weighted by Gasteiger charge is 2.07. The summed E-state index contributed by atoms with van der Waals surface area (Å²) in [5.41, 5.74) is 0.826. The van der Waals surface area contributed by atoms with Crippen LogP contribution in [-0.2, 0) is 0 Å². The molecule has 2 nitrogen and oxygen atoms in total. The first-order chi connectivity index (χ1) is 7.20. The fourth-order valence-electron chi connectivity index (χ4n) is 1.42. The van der Waals surface area contributed by atoms with Crippen LogP contribution in [0.4, 0.5) is 0 Å². The van der Waals surface area contributed by atoms with Gasteiger partial charge < -0.3 is 9.84 Å². The van der Waals surface area contributed by atoms with Crippen LogP contribution in [0.5, 0.6) is 11.5 Å². The van der Waals surface area contributed by atoms with Gasteiger partial charge in [0, 0.05) is 15.3 Å². The van der Waals surface area contributed by atoms with Crippen molar-refractivity contribution in [2.75, 3.05) is 7.11 Å². The van der Waals surface area contributed by atoms with Crippen molar-refractivity contribution in [2.24, 2.45) is 0 Å². The van der Waals surface area contributed by atoms with Crippen molar-refractivity contribution in [1.29, 1.82) is 0 Å². The van der Waals surface area contributed by atoms with Crippen molar-refractivity contribution in [3.8, 4) is 21.9 Å². The van der Waals surface area contributed by atoms with Crippen LogP contribution in [0.25, 0.3) is 10.4 Å². The second-order valence-electron chi connectivity index (χ2n) is 3.29. The van der Waals surface area contributed by atoms with Crippen molar-refractivity contribution in [1.82, 2.24) is 0 Å². The van der Waals surface area contributed by atoms with Crippen LogP contribution in [0.2, 0.25) is 0 Å². The Kier molecular flexibility index (Phi) is 2.64. The predicted molar refractivity (Wildman–Crippen MR) is 62.7 cm³/mol. The minimum Gasteiger partial charge on any atom is -0.507 e. The Hall–Kier alpha value is -1.48. The Bertz CT molecular complexity index is 474. The van der Waals surface area contributed by atoms with E-state index in [2.05, 4.69) is 0 Å². The van der Waals surface area contributed by atoms with Gasteiger partial charge in [-0.3, -0.25) is 0 Å². The molecular weight excluding hydrogens is 208 g/mol. The van der Waals surface area contributed by atoms with Gasteiger partial charge >= 0.3 is 0 Å². The minimum absolute atomic E-state index is 0.289. The molecule has 0 aliphatic carbocycles. The highest BCUT2D eigenvalue weighted by molar-refractivity contribution is 7.15. The maximum Gasteiger partial charge on any atom is 0.124 e. The number of methoxy groups -OCH3 is 1. The molecule has 0 spiro atoms. The molecule has 2 rings (SSSR count). The molecule has 78 valence electrons. The van der Waals surface area contributed by atoms with Crippen molar-refractivity contribution in [3.63, 3.8) is 0 Å². The smallest absolute Gasteiger partial charge is 0.124 e. The third kappa shape index (κ3) is 1.97. The van der Waals surface area contributed by atoms with E-state index in [1.54, 1.807) is 30.6 Å². The van der Waals surface area contributed by atoms with E-state index in [1.807, 2.05) is 25.1 Å². The Morgan fingerprint density at radius 2 is 2.00 bits per heavy atom. The molecule has 1 heterocycles. The zero-order valence-electron chi connectivity index (χ0n) is 8.65. The second kappa shape index (κ2) is 3.95. The molecule has 2 aromatic rings. The summed E-state index contributed by atoms with van der Waals surface area (Å²) in [5, 5.41) is 9.74. The number of aryl methyl sites for hydroxylation is 1. The van der Waals surface area contributed by atoms with Crippen LogP contribution < -0.4 is 4.74 Å². The fraction of sp³-hybridized carbons (Fsp3) is 0.167. The molecule has 0 aliphatic rings. The van der Waals surface area contributed by atoms with Crippen molar-refractivity contribution in [2.45, 2.75) is 6.92 Å². The molecule has 0 aliphatic heterocycles. The highest BCUT2D eigenvalue weighted by Crippen LogP contribution is 2.36. The average Bonchev–Trinajstić information content (AvgIpc) is 2.65. The monoisotopic (exact) mass is 220 g/mol. The number of thiophene rings is 1. The number of rotatable bonds is 2. The number of hydrogen-bond donors (Lipinski definition) is 1. The second-order valence-corrected chi connectivity index (χ2v) is 4.58. The van der Waals surface area contributed by atoms with E-state index in [1.165, 1.54) is 4.88 Å². The van der Waals surface area contributed by atoms with Crippen LogP contribution >= 0.6 is 11.3 Å². The SMILES string of the molecule is COc1ccc(O)c(-c2ccc(C)s2)c1. The number of aromatic hydroxyl groups is 1. The van der Waals surface area contributed by atoms with Crippen LogP contribution in [0.1, 0.15) is 4.88 Å². The maximum absolute atomic E-state index is 9.74. The van der Waals surface area contributed by atoms with Gasteiger partial charge in [0.1, 0.15) is 11.5 Å². The van der Waals surface area contributed by atoms with Gasteiger partial charge in [0.15, 0.2) is 0 Å². The van der Waals surface area contributed by atoms with Gasteiger partial charge in [-0.15, -0.1) is 11.3 Å². The van der Waals surface area contributed by atoms with Crippen molar-refractivity contribution >= 4 is 11.3 Å². The Labute approximate surface area is 92.8 Å². The topological polar surface area (TPSA) is 29.5 Å². The van der Waals surface area contributed by atoms with E-state index >= 15 is 0 Å². The summed E-state index contributed by atoms with van der Waals surface area (Å²) in [4.78, 5) is 2.29. The molecule has 0 saturated heterocycles. The normalized spacial score (nSPS) is 10.3. The summed E-state index contributed by atoms with van der Waals surface area (Å²) in [6.07, 6.45) is 0. The highest BCUT2D eigenvalue weighted by atomic mass is 32.1. The number of benzene rings is 1. The first-order valence-corrected chi connectivity index (χ1v) is 5.46. The lowest BCUT2D eigenvalue weighted by Gasteiger charge is -2.04. The van der Waals surface area contributed by atoms with Gasteiger partial charge in [-0.25, -0.2) is 0 Å². The van der Waals surface area contributed by atoms with E-state index in [0.717, 1.165) is 16.2 Å². The fourth-order valence-corrected chi connectivity index (χ4v) is 2.31. The van der Waals surface area contributed by atoms with Crippen molar-refractivity contribution < 1.29 is 9.84 Å². The van der Waals surface area contributed by atoms with Crippen LogP contribution in [0.15, 0.2) is 30.3 Å². The van der Waals surface area contributed by atoms with E-state index < -0.39 is 0 Å². The molecule has 0 atom stereocenters. The lowest BCUT2D eigenvalue weighted by atomic mass is 10.1. The largest absolute Gasteiger partial charge is 0.507 e. The quantitative estimate of drug-likeness (QED) is 0.840. The van der Waals surface area contributed by atoms with Gasteiger partial charge in [0.2, 0.25) is 0 Å². The third-order valence-corrected chi connectivity index (χ3v) is 3.24. The van der Waals surface area contributed by atoms with E-state index in [0.29, 0.717) is 0 Å². The molecule has 0 bridgehead atoms. The average molecular weight is 220 g/mol. The molecule has 0 unspecified atom stereocenters. The van der Waals surface area contributed by atoms with Crippen LogP contribution in [0, 0.1) is 6.92 Å². The molecule has 1 aromatic heterocycles. The molecular formula is C12H12O2S. The minimum atomic E-state index is 0.289. The van der Waals surface area contributed by atoms with E-state index in [4.69, 9.17) is 4.74 Å². The molecule has 0 amide bonds. The molecule has 0 radical (unpaired) electrons. The third-order valence-electron chi connectivity index (χ3n) is 2.21. The van der Waals surface area contributed by atoms with Crippen molar-refractivity contribution in [3.05, 3.63) is 35.2 Å².